The third-order valence-corrected chi connectivity index (χ3v) is 3.98. The Labute approximate surface area is 126 Å². The maximum Gasteiger partial charge on any atom is 0.288 e. The molecule has 0 aliphatic carbocycles. The zero-order chi connectivity index (χ0) is 14.5. The van der Waals surface area contributed by atoms with Crippen LogP contribution in [0.4, 0.5) is 14.5 Å². The molecule has 0 aromatic heterocycles. The molecule has 0 heterocycles. The zero-order valence-electron chi connectivity index (χ0n) is 10.8. The number of anilines is 1. The number of hydrogen-bond acceptors (Lipinski definition) is 2. The van der Waals surface area contributed by atoms with E-state index in [0.717, 1.165) is 5.56 Å². The van der Waals surface area contributed by atoms with E-state index in [9.17, 15) is 8.78 Å². The summed E-state index contributed by atoms with van der Waals surface area (Å²) in [7, 11) is 0. The van der Waals surface area contributed by atoms with Crippen LogP contribution in [-0.2, 0) is 0 Å². The second-order valence-electron chi connectivity index (χ2n) is 4.26. The minimum absolute atomic E-state index is 0.0666. The van der Waals surface area contributed by atoms with Gasteiger partial charge in [-0.15, -0.1) is 0 Å². The molecule has 0 amide bonds. The number of thioether (sulfide) groups is 1. The maximum absolute atomic E-state index is 12.5. The molecule has 0 fully saturated rings. The highest BCUT2D eigenvalue weighted by Gasteiger charge is 2.13. The Kier molecular flexibility index (Phi) is 5.26. The Bertz CT molecular complexity index is 577. The number of nitrogens with one attached hydrogen (secondary N) is 1. The Hall–Kier alpha value is -1.26. The van der Waals surface area contributed by atoms with Gasteiger partial charge in [-0.05, 0) is 30.7 Å². The molecule has 0 aliphatic heterocycles. The van der Waals surface area contributed by atoms with Crippen molar-refractivity contribution in [2.24, 2.45) is 0 Å². The van der Waals surface area contributed by atoms with Crippen LogP contribution in [0.5, 0.6) is 0 Å². The third-order valence-electron chi connectivity index (χ3n) is 2.85. The van der Waals surface area contributed by atoms with Crippen molar-refractivity contribution in [1.82, 2.24) is 0 Å². The Morgan fingerprint density at radius 2 is 1.70 bits per heavy atom. The first-order valence-corrected chi connectivity index (χ1v) is 7.38. The normalized spacial score (nSPS) is 12.4. The van der Waals surface area contributed by atoms with Gasteiger partial charge in [0, 0.05) is 15.6 Å². The van der Waals surface area contributed by atoms with E-state index in [1.165, 1.54) is 0 Å². The third kappa shape index (κ3) is 3.87. The minimum Gasteiger partial charge on any atom is -0.378 e. The standard InChI is InChI=1S/C15H14ClF2NS/c1-10(11-6-2-3-7-12(11)16)19-13-8-4-5-9-14(13)20-15(17)18/h2-10,15,19H,1H3. The molecule has 1 N–H and O–H groups in total. The fourth-order valence-electron chi connectivity index (χ4n) is 1.92. The number of para-hydroxylation sites is 1. The molecule has 2 rings (SSSR count). The van der Waals surface area contributed by atoms with Crippen LogP contribution in [0.3, 0.4) is 0 Å². The van der Waals surface area contributed by atoms with Crippen molar-refractivity contribution in [1.29, 1.82) is 0 Å². The highest BCUT2D eigenvalue weighted by atomic mass is 35.5. The maximum atomic E-state index is 12.5. The lowest BCUT2D eigenvalue weighted by atomic mass is 10.1. The van der Waals surface area contributed by atoms with Gasteiger partial charge in [-0.1, -0.05) is 53.7 Å². The van der Waals surface area contributed by atoms with E-state index in [0.29, 0.717) is 27.4 Å². The molecule has 5 heteroatoms. The van der Waals surface area contributed by atoms with Gasteiger partial charge in [0.2, 0.25) is 0 Å². The van der Waals surface area contributed by atoms with Crippen LogP contribution >= 0.6 is 23.4 Å². The molecular weight excluding hydrogens is 300 g/mol. The molecule has 0 radical (unpaired) electrons. The summed E-state index contributed by atoms with van der Waals surface area (Å²) in [6.45, 7) is 1.95. The van der Waals surface area contributed by atoms with Crippen LogP contribution in [0.2, 0.25) is 5.02 Å². The van der Waals surface area contributed by atoms with Gasteiger partial charge in [0.25, 0.3) is 5.76 Å². The van der Waals surface area contributed by atoms with Gasteiger partial charge < -0.3 is 5.32 Å². The number of benzene rings is 2. The molecule has 1 atom stereocenters. The lowest BCUT2D eigenvalue weighted by Crippen LogP contribution is -2.08. The van der Waals surface area contributed by atoms with Gasteiger partial charge >= 0.3 is 0 Å². The number of rotatable bonds is 5. The molecule has 0 aliphatic rings. The fourth-order valence-corrected chi connectivity index (χ4v) is 2.82. The largest absolute Gasteiger partial charge is 0.378 e. The highest BCUT2D eigenvalue weighted by Crippen LogP contribution is 2.34. The monoisotopic (exact) mass is 313 g/mol. The summed E-state index contributed by atoms with van der Waals surface area (Å²) in [6.07, 6.45) is 0. The number of halogens is 3. The average Bonchev–Trinajstić information content (AvgIpc) is 2.41. The minimum atomic E-state index is -2.44. The molecule has 2 aromatic rings. The second-order valence-corrected chi connectivity index (χ2v) is 5.70. The fraction of sp³-hybridized carbons (Fsp3) is 0.200. The van der Waals surface area contributed by atoms with E-state index >= 15 is 0 Å². The van der Waals surface area contributed by atoms with Gasteiger partial charge in [0.05, 0.1) is 6.04 Å². The van der Waals surface area contributed by atoms with Crippen molar-refractivity contribution in [2.45, 2.75) is 23.6 Å². The Morgan fingerprint density at radius 3 is 2.40 bits per heavy atom. The van der Waals surface area contributed by atoms with E-state index in [1.807, 2.05) is 37.3 Å². The molecule has 0 spiro atoms. The first-order valence-electron chi connectivity index (χ1n) is 6.12. The quantitative estimate of drug-likeness (QED) is 0.697. The first-order chi connectivity index (χ1) is 9.58. The lowest BCUT2D eigenvalue weighted by molar-refractivity contribution is 0.252. The molecule has 2 aromatic carbocycles. The predicted molar refractivity (Wildman–Crippen MR) is 81.8 cm³/mol. The second kappa shape index (κ2) is 6.95. The molecule has 106 valence electrons. The van der Waals surface area contributed by atoms with Crippen LogP contribution in [-0.4, -0.2) is 5.76 Å². The Morgan fingerprint density at radius 1 is 1.05 bits per heavy atom. The highest BCUT2D eigenvalue weighted by molar-refractivity contribution is 7.99. The van der Waals surface area contributed by atoms with E-state index in [4.69, 9.17) is 11.6 Å². The van der Waals surface area contributed by atoms with Gasteiger partial charge in [-0.3, -0.25) is 0 Å². The van der Waals surface area contributed by atoms with Crippen LogP contribution < -0.4 is 5.32 Å². The molecular formula is C15H14ClF2NS. The Balaban J connectivity index is 2.20. The van der Waals surface area contributed by atoms with E-state index < -0.39 is 5.76 Å². The summed E-state index contributed by atoms with van der Waals surface area (Å²) in [4.78, 5) is 0.529. The first kappa shape index (κ1) is 15.1. The summed E-state index contributed by atoms with van der Waals surface area (Å²) < 4.78 is 25.1. The predicted octanol–water partition coefficient (Wildman–Crippen LogP) is 5.83. The van der Waals surface area contributed by atoms with E-state index in [2.05, 4.69) is 5.32 Å². The number of hydrogen-bond donors (Lipinski definition) is 1. The summed E-state index contributed by atoms with van der Waals surface area (Å²) in [5, 5.41) is 3.89. The van der Waals surface area contributed by atoms with E-state index in [-0.39, 0.29) is 6.04 Å². The topological polar surface area (TPSA) is 12.0 Å². The smallest absolute Gasteiger partial charge is 0.288 e. The van der Waals surface area contributed by atoms with Crippen LogP contribution in [0.25, 0.3) is 0 Å². The van der Waals surface area contributed by atoms with Crippen molar-refractivity contribution >= 4 is 29.1 Å². The molecule has 1 nitrogen and oxygen atoms in total. The van der Waals surface area contributed by atoms with Gasteiger partial charge in [-0.2, -0.15) is 8.78 Å². The lowest BCUT2D eigenvalue weighted by Gasteiger charge is -2.19. The summed E-state index contributed by atoms with van der Waals surface area (Å²) in [6, 6.07) is 14.5. The van der Waals surface area contributed by atoms with Crippen molar-refractivity contribution in [3.8, 4) is 0 Å². The average molecular weight is 314 g/mol. The molecule has 1 unspecified atom stereocenters. The van der Waals surface area contributed by atoms with Crippen molar-refractivity contribution < 1.29 is 8.78 Å². The molecule has 0 bridgehead atoms. The zero-order valence-corrected chi connectivity index (χ0v) is 12.4. The molecule has 0 saturated heterocycles. The van der Waals surface area contributed by atoms with Gasteiger partial charge in [-0.25, -0.2) is 0 Å². The summed E-state index contributed by atoms with van der Waals surface area (Å²) >= 11 is 6.68. The summed E-state index contributed by atoms with van der Waals surface area (Å²) in [5.41, 5.74) is 1.62. The van der Waals surface area contributed by atoms with Crippen molar-refractivity contribution in [2.75, 3.05) is 5.32 Å². The van der Waals surface area contributed by atoms with Crippen LogP contribution in [0.1, 0.15) is 18.5 Å². The molecule has 0 saturated carbocycles. The number of alkyl halides is 2. The van der Waals surface area contributed by atoms with E-state index in [1.54, 1.807) is 18.2 Å². The van der Waals surface area contributed by atoms with Crippen molar-refractivity contribution in [3.63, 3.8) is 0 Å². The van der Waals surface area contributed by atoms with Crippen LogP contribution in [0.15, 0.2) is 53.4 Å². The SMILES string of the molecule is CC(Nc1ccccc1SC(F)F)c1ccccc1Cl. The van der Waals surface area contributed by atoms with Crippen LogP contribution in [0, 0.1) is 0 Å². The van der Waals surface area contributed by atoms with Gasteiger partial charge in [0.15, 0.2) is 0 Å². The van der Waals surface area contributed by atoms with Gasteiger partial charge in [0.1, 0.15) is 0 Å². The van der Waals surface area contributed by atoms with Crippen molar-refractivity contribution in [3.05, 3.63) is 59.1 Å². The summed E-state index contributed by atoms with van der Waals surface area (Å²) in [5.74, 6) is -2.44. The molecule has 20 heavy (non-hydrogen) atoms.